The minimum absolute atomic E-state index is 0.124. The molecular formula is C16H26N6O3. The molecule has 3 atom stereocenters. The first-order valence-corrected chi connectivity index (χ1v) is 8.57. The molecule has 3 unspecified atom stereocenters. The van der Waals surface area contributed by atoms with Gasteiger partial charge in [0.1, 0.15) is 6.29 Å². The number of carbonyl (C=O) groups excluding carboxylic acids is 1. The van der Waals surface area contributed by atoms with Crippen LogP contribution in [0, 0.1) is 0 Å². The molecule has 7 N–H and O–H groups in total. The van der Waals surface area contributed by atoms with Gasteiger partial charge in [0.2, 0.25) is 6.79 Å². The Kier molecular flexibility index (Phi) is 5.92. The molecule has 0 saturated carbocycles. The molecule has 0 spiro atoms. The molecule has 9 heteroatoms. The van der Waals surface area contributed by atoms with Crippen LogP contribution in [-0.4, -0.2) is 44.4 Å². The lowest BCUT2D eigenvalue weighted by Crippen LogP contribution is -2.67. The summed E-state index contributed by atoms with van der Waals surface area (Å²) in [7, 11) is 0. The number of urea groups is 1. The summed E-state index contributed by atoms with van der Waals surface area (Å²) < 4.78 is 10.6. The second-order valence-electron chi connectivity index (χ2n) is 6.22. The molecule has 3 rings (SSSR count). The van der Waals surface area contributed by atoms with Gasteiger partial charge < -0.3 is 31.2 Å². The van der Waals surface area contributed by atoms with Crippen molar-refractivity contribution in [3.05, 3.63) is 18.2 Å². The predicted molar refractivity (Wildman–Crippen MR) is 94.3 cm³/mol. The number of anilines is 1. The maximum absolute atomic E-state index is 12.2. The highest BCUT2D eigenvalue weighted by molar-refractivity contribution is 5.89. The van der Waals surface area contributed by atoms with Crippen molar-refractivity contribution < 1.29 is 14.3 Å². The number of rotatable bonds is 6. The van der Waals surface area contributed by atoms with Crippen LogP contribution in [0.1, 0.15) is 19.8 Å². The highest BCUT2D eigenvalue weighted by Gasteiger charge is 2.25. The Morgan fingerprint density at radius 1 is 1.32 bits per heavy atom. The molecule has 1 aromatic carbocycles. The van der Waals surface area contributed by atoms with Crippen molar-refractivity contribution in [2.45, 2.75) is 38.3 Å². The third kappa shape index (κ3) is 4.95. The summed E-state index contributed by atoms with van der Waals surface area (Å²) in [6.45, 7) is 3.80. The van der Waals surface area contributed by atoms with Gasteiger partial charge in [0.15, 0.2) is 11.5 Å². The van der Waals surface area contributed by atoms with Gasteiger partial charge in [0, 0.05) is 17.8 Å². The fourth-order valence-corrected chi connectivity index (χ4v) is 2.90. The van der Waals surface area contributed by atoms with E-state index in [0.717, 1.165) is 19.4 Å². The van der Waals surface area contributed by atoms with E-state index in [1.807, 2.05) is 0 Å². The highest BCUT2D eigenvalue weighted by atomic mass is 16.7. The fourth-order valence-electron chi connectivity index (χ4n) is 2.90. The second-order valence-corrected chi connectivity index (χ2v) is 6.22. The maximum Gasteiger partial charge on any atom is 0.321 e. The maximum atomic E-state index is 12.2. The average Bonchev–Trinajstić information content (AvgIpc) is 3.02. The van der Waals surface area contributed by atoms with Gasteiger partial charge in [-0.25, -0.2) is 4.79 Å². The molecule has 0 aliphatic carbocycles. The molecule has 9 nitrogen and oxygen atoms in total. The molecule has 0 bridgehead atoms. The lowest BCUT2D eigenvalue weighted by Gasteiger charge is -2.36. The summed E-state index contributed by atoms with van der Waals surface area (Å²) >= 11 is 0. The van der Waals surface area contributed by atoms with E-state index >= 15 is 0 Å². The first kappa shape index (κ1) is 17.7. The average molecular weight is 350 g/mol. The zero-order valence-corrected chi connectivity index (χ0v) is 14.3. The molecule has 2 heterocycles. The summed E-state index contributed by atoms with van der Waals surface area (Å²) in [5.74, 6) is 1.31. The van der Waals surface area contributed by atoms with Crippen molar-refractivity contribution >= 4 is 11.7 Å². The van der Waals surface area contributed by atoms with Gasteiger partial charge in [-0.05, 0) is 45.0 Å². The molecule has 1 saturated heterocycles. The molecule has 138 valence electrons. The number of nitrogens with two attached hydrogens (primary N) is 1. The van der Waals surface area contributed by atoms with Crippen molar-refractivity contribution in [3.8, 4) is 11.5 Å². The van der Waals surface area contributed by atoms with Gasteiger partial charge in [0.25, 0.3) is 0 Å². The zero-order valence-electron chi connectivity index (χ0n) is 14.3. The van der Waals surface area contributed by atoms with Crippen molar-refractivity contribution in [1.82, 2.24) is 21.3 Å². The van der Waals surface area contributed by atoms with E-state index in [1.54, 1.807) is 18.2 Å². The van der Waals surface area contributed by atoms with Crippen molar-refractivity contribution in [2.24, 2.45) is 5.73 Å². The number of carbonyl (C=O) groups is 1. The van der Waals surface area contributed by atoms with Gasteiger partial charge in [-0.3, -0.25) is 10.6 Å². The lowest BCUT2D eigenvalue weighted by molar-refractivity contribution is 0.174. The van der Waals surface area contributed by atoms with E-state index < -0.39 is 0 Å². The quantitative estimate of drug-likeness (QED) is 0.401. The first-order chi connectivity index (χ1) is 12.1. The van der Waals surface area contributed by atoms with Crippen LogP contribution in [0.5, 0.6) is 11.5 Å². The Bertz CT molecular complexity index is 599. The van der Waals surface area contributed by atoms with E-state index in [0.29, 0.717) is 23.7 Å². The lowest BCUT2D eigenvalue weighted by atomic mass is 10.1. The predicted octanol–water partition coefficient (Wildman–Crippen LogP) is 0.0563. The standard InChI is InChI=1S/C16H26N6O3/c1-10-7-14(18-6-2-5-17)21-15(19-10)22-16(23)20-11-3-4-12-13(8-11)25-9-24-12/h3-4,8,10,14-15,18-19,21H,2,5-7,9,17H2,1H3,(H2,20,22,23). The van der Waals surface area contributed by atoms with Crippen LogP contribution in [0.4, 0.5) is 10.5 Å². The minimum Gasteiger partial charge on any atom is -0.454 e. The summed E-state index contributed by atoms with van der Waals surface area (Å²) in [5, 5.41) is 15.7. The van der Waals surface area contributed by atoms with Crippen LogP contribution >= 0.6 is 0 Å². The monoisotopic (exact) mass is 350 g/mol. The van der Waals surface area contributed by atoms with Gasteiger partial charge >= 0.3 is 6.03 Å². The number of hydrogen-bond acceptors (Lipinski definition) is 7. The number of benzene rings is 1. The van der Waals surface area contributed by atoms with Gasteiger partial charge in [0.05, 0.1) is 6.17 Å². The zero-order chi connectivity index (χ0) is 17.6. The normalized spacial score (nSPS) is 24.8. The molecule has 25 heavy (non-hydrogen) atoms. The Balaban J connectivity index is 1.49. The fraction of sp³-hybridized carbons (Fsp3) is 0.562. The summed E-state index contributed by atoms with van der Waals surface area (Å²) in [6.07, 6.45) is 1.64. The van der Waals surface area contributed by atoms with Crippen LogP contribution in [0.3, 0.4) is 0 Å². The third-order valence-corrected chi connectivity index (χ3v) is 4.09. The Morgan fingerprint density at radius 2 is 2.16 bits per heavy atom. The summed E-state index contributed by atoms with van der Waals surface area (Å²) in [6, 6.07) is 5.25. The molecular weight excluding hydrogens is 324 g/mol. The highest BCUT2D eigenvalue weighted by Crippen LogP contribution is 2.34. The molecule has 2 amide bonds. The van der Waals surface area contributed by atoms with E-state index in [-0.39, 0.29) is 31.3 Å². The summed E-state index contributed by atoms with van der Waals surface area (Å²) in [4.78, 5) is 12.2. The Morgan fingerprint density at radius 3 is 3.00 bits per heavy atom. The van der Waals surface area contributed by atoms with E-state index in [2.05, 4.69) is 33.5 Å². The Labute approximate surface area is 147 Å². The molecule has 2 aliphatic heterocycles. The molecule has 2 aliphatic rings. The van der Waals surface area contributed by atoms with Crippen molar-refractivity contribution in [1.29, 1.82) is 0 Å². The van der Waals surface area contributed by atoms with Crippen LogP contribution in [0.15, 0.2) is 18.2 Å². The second kappa shape index (κ2) is 8.34. The van der Waals surface area contributed by atoms with E-state index in [1.165, 1.54) is 0 Å². The number of fused-ring (bicyclic) bond motifs is 1. The van der Waals surface area contributed by atoms with Crippen molar-refractivity contribution in [3.63, 3.8) is 0 Å². The Hall–Kier alpha value is -2.07. The van der Waals surface area contributed by atoms with Crippen LogP contribution in [-0.2, 0) is 0 Å². The molecule has 0 radical (unpaired) electrons. The number of nitrogens with one attached hydrogen (secondary N) is 5. The van der Waals surface area contributed by atoms with Gasteiger partial charge in [-0.2, -0.15) is 0 Å². The van der Waals surface area contributed by atoms with Crippen LogP contribution < -0.4 is 41.8 Å². The van der Waals surface area contributed by atoms with Gasteiger partial charge in [-0.1, -0.05) is 0 Å². The van der Waals surface area contributed by atoms with E-state index in [9.17, 15) is 4.79 Å². The molecule has 1 fully saturated rings. The minimum atomic E-state index is -0.326. The first-order valence-electron chi connectivity index (χ1n) is 8.57. The van der Waals surface area contributed by atoms with Gasteiger partial charge in [-0.15, -0.1) is 0 Å². The SMILES string of the molecule is CC1CC(NCCCN)NC(NC(=O)Nc2ccc3c(c2)OCO3)N1. The summed E-state index contributed by atoms with van der Waals surface area (Å²) in [5.41, 5.74) is 6.16. The number of hydrogen-bond donors (Lipinski definition) is 6. The van der Waals surface area contributed by atoms with Crippen molar-refractivity contribution in [2.75, 3.05) is 25.2 Å². The topological polar surface area (TPSA) is 122 Å². The smallest absolute Gasteiger partial charge is 0.321 e. The number of amides is 2. The third-order valence-electron chi connectivity index (χ3n) is 4.09. The largest absolute Gasteiger partial charge is 0.454 e. The van der Waals surface area contributed by atoms with Crippen LogP contribution in [0.25, 0.3) is 0 Å². The number of ether oxygens (including phenoxy) is 2. The molecule has 1 aromatic rings. The van der Waals surface area contributed by atoms with E-state index in [4.69, 9.17) is 15.2 Å². The van der Waals surface area contributed by atoms with Crippen LogP contribution in [0.2, 0.25) is 0 Å². The molecule has 0 aromatic heterocycles.